The molecule has 1 aromatic rings. The van der Waals surface area contributed by atoms with E-state index >= 15 is 0 Å². The third kappa shape index (κ3) is 4.70. The minimum Gasteiger partial charge on any atom is -0.377 e. The molecule has 2 nitrogen and oxygen atoms in total. The second kappa shape index (κ2) is 7.44. The van der Waals surface area contributed by atoms with E-state index in [0.717, 1.165) is 25.1 Å². The zero-order valence-electron chi connectivity index (χ0n) is 11.2. The molecule has 0 aliphatic carbocycles. The van der Waals surface area contributed by atoms with Gasteiger partial charge in [-0.05, 0) is 45.0 Å². The van der Waals surface area contributed by atoms with Crippen molar-refractivity contribution in [2.75, 3.05) is 13.2 Å². The molecular weight excluding hydrogens is 236 g/mol. The lowest BCUT2D eigenvalue weighted by molar-refractivity contribution is 0.0604. The summed E-state index contributed by atoms with van der Waals surface area (Å²) in [5.74, 6) is -0.836. The van der Waals surface area contributed by atoms with E-state index in [9.17, 15) is 8.78 Å². The second-order valence-corrected chi connectivity index (χ2v) is 4.55. The molecule has 0 spiro atoms. The maximum Gasteiger partial charge on any atom is 0.128 e. The van der Waals surface area contributed by atoms with Gasteiger partial charge in [-0.2, -0.15) is 0 Å². The van der Waals surface area contributed by atoms with Crippen LogP contribution < -0.4 is 5.32 Å². The normalized spacial score (nSPS) is 13.0. The first-order valence-electron chi connectivity index (χ1n) is 6.34. The molecule has 0 aliphatic heterocycles. The van der Waals surface area contributed by atoms with E-state index in [-0.39, 0.29) is 12.1 Å². The Hall–Kier alpha value is -1.00. The van der Waals surface area contributed by atoms with Crippen molar-refractivity contribution in [1.29, 1.82) is 0 Å². The zero-order chi connectivity index (χ0) is 13.5. The molecule has 0 aromatic heterocycles. The molecule has 102 valence electrons. The summed E-state index contributed by atoms with van der Waals surface area (Å²) < 4.78 is 32.4. The lowest BCUT2D eigenvalue weighted by atomic mass is 10.1. The topological polar surface area (TPSA) is 21.3 Å². The van der Waals surface area contributed by atoms with Crippen LogP contribution in [0.25, 0.3) is 0 Å². The van der Waals surface area contributed by atoms with Crippen molar-refractivity contribution in [3.63, 3.8) is 0 Å². The van der Waals surface area contributed by atoms with Crippen molar-refractivity contribution in [1.82, 2.24) is 5.32 Å². The van der Waals surface area contributed by atoms with Crippen LogP contribution in [0.1, 0.15) is 38.8 Å². The van der Waals surface area contributed by atoms with Crippen LogP contribution in [0.3, 0.4) is 0 Å². The molecule has 0 aliphatic rings. The van der Waals surface area contributed by atoms with Crippen LogP contribution >= 0.6 is 0 Å². The minimum absolute atomic E-state index is 0.0625. The molecule has 0 heterocycles. The lowest BCUT2D eigenvalue weighted by Gasteiger charge is -2.21. The van der Waals surface area contributed by atoms with E-state index in [1.807, 2.05) is 20.8 Å². The highest BCUT2D eigenvalue weighted by atomic mass is 19.1. The third-order valence-corrected chi connectivity index (χ3v) is 2.57. The van der Waals surface area contributed by atoms with Gasteiger partial charge in [0.25, 0.3) is 0 Å². The van der Waals surface area contributed by atoms with Crippen LogP contribution in [0.15, 0.2) is 18.2 Å². The molecule has 1 rings (SSSR count). The van der Waals surface area contributed by atoms with Crippen LogP contribution in [-0.2, 0) is 4.74 Å². The molecule has 0 saturated heterocycles. The lowest BCUT2D eigenvalue weighted by Crippen LogP contribution is -2.28. The summed E-state index contributed by atoms with van der Waals surface area (Å²) in [6.07, 6.45) is 0.988. The van der Waals surface area contributed by atoms with E-state index < -0.39 is 11.6 Å². The van der Waals surface area contributed by atoms with Crippen LogP contribution in [0.4, 0.5) is 8.78 Å². The summed E-state index contributed by atoms with van der Waals surface area (Å²) in [4.78, 5) is 0. The van der Waals surface area contributed by atoms with Crippen LogP contribution in [0.5, 0.6) is 0 Å². The van der Waals surface area contributed by atoms with E-state index in [1.165, 1.54) is 6.07 Å². The van der Waals surface area contributed by atoms with Crippen molar-refractivity contribution < 1.29 is 13.5 Å². The summed E-state index contributed by atoms with van der Waals surface area (Å²) in [5.41, 5.74) is 0.323. The number of hydrogen-bond acceptors (Lipinski definition) is 2. The quantitative estimate of drug-likeness (QED) is 0.808. The summed E-state index contributed by atoms with van der Waals surface area (Å²) in [7, 11) is 0. The number of nitrogens with one attached hydrogen (secondary N) is 1. The molecule has 18 heavy (non-hydrogen) atoms. The Morgan fingerprint density at radius 1 is 1.28 bits per heavy atom. The molecule has 0 amide bonds. The summed E-state index contributed by atoms with van der Waals surface area (Å²) in [6, 6.07) is 3.19. The van der Waals surface area contributed by atoms with E-state index in [0.29, 0.717) is 12.2 Å². The van der Waals surface area contributed by atoms with Crippen molar-refractivity contribution in [2.45, 2.75) is 39.3 Å². The Morgan fingerprint density at radius 3 is 2.61 bits per heavy atom. The van der Waals surface area contributed by atoms with Gasteiger partial charge in [0.15, 0.2) is 0 Å². The van der Waals surface area contributed by atoms with E-state index in [4.69, 9.17) is 4.74 Å². The van der Waals surface area contributed by atoms with Crippen molar-refractivity contribution in [3.8, 4) is 0 Å². The van der Waals surface area contributed by atoms with E-state index in [2.05, 4.69) is 5.32 Å². The average Bonchev–Trinajstić information content (AvgIpc) is 2.32. The Labute approximate surface area is 107 Å². The summed E-state index contributed by atoms with van der Waals surface area (Å²) in [6.45, 7) is 6.92. The van der Waals surface area contributed by atoms with Crippen molar-refractivity contribution in [2.24, 2.45) is 0 Å². The molecule has 0 radical (unpaired) electrons. The molecule has 1 atom stereocenters. The molecule has 1 N–H and O–H groups in total. The predicted octanol–water partition coefficient (Wildman–Crippen LogP) is 3.43. The highest BCUT2D eigenvalue weighted by molar-refractivity contribution is 5.22. The number of benzene rings is 1. The molecule has 0 fully saturated rings. The smallest absolute Gasteiger partial charge is 0.128 e. The summed E-state index contributed by atoms with van der Waals surface area (Å²) in [5, 5.41) is 3.18. The predicted molar refractivity (Wildman–Crippen MR) is 68.5 cm³/mol. The summed E-state index contributed by atoms with van der Waals surface area (Å²) >= 11 is 0. The van der Waals surface area contributed by atoms with Gasteiger partial charge in [0.05, 0.1) is 18.8 Å². The van der Waals surface area contributed by atoms with Gasteiger partial charge >= 0.3 is 0 Å². The van der Waals surface area contributed by atoms with Gasteiger partial charge in [-0.3, -0.25) is 0 Å². The molecule has 1 aromatic carbocycles. The molecule has 1 unspecified atom stereocenters. The largest absolute Gasteiger partial charge is 0.377 e. The molecule has 0 saturated carbocycles. The first-order chi connectivity index (χ1) is 8.54. The average molecular weight is 257 g/mol. The van der Waals surface area contributed by atoms with Gasteiger partial charge in [-0.15, -0.1) is 0 Å². The number of ether oxygens (including phenoxy) is 1. The van der Waals surface area contributed by atoms with Gasteiger partial charge in [0, 0.05) is 5.56 Å². The Bertz CT molecular complexity index is 369. The Balaban J connectivity index is 2.82. The minimum atomic E-state index is -0.431. The van der Waals surface area contributed by atoms with Crippen LogP contribution in [0, 0.1) is 11.6 Å². The highest BCUT2D eigenvalue weighted by Gasteiger charge is 2.16. The standard InChI is InChI=1S/C14H21F2NO/c1-4-7-17-14(9-18-10(2)3)12-8-11(15)5-6-13(12)16/h5-6,8,10,14,17H,4,7,9H2,1-3H3. The van der Waals surface area contributed by atoms with E-state index in [1.54, 1.807) is 0 Å². The van der Waals surface area contributed by atoms with Gasteiger partial charge in [-0.25, -0.2) is 8.78 Å². The number of rotatable bonds is 7. The van der Waals surface area contributed by atoms with Gasteiger partial charge in [0.1, 0.15) is 11.6 Å². The molecule has 0 bridgehead atoms. The fraction of sp³-hybridized carbons (Fsp3) is 0.571. The second-order valence-electron chi connectivity index (χ2n) is 4.55. The molecule has 4 heteroatoms. The van der Waals surface area contributed by atoms with Gasteiger partial charge < -0.3 is 10.1 Å². The maximum atomic E-state index is 13.7. The van der Waals surface area contributed by atoms with Crippen molar-refractivity contribution in [3.05, 3.63) is 35.4 Å². The van der Waals surface area contributed by atoms with Gasteiger partial charge in [-0.1, -0.05) is 6.92 Å². The first kappa shape index (κ1) is 15.1. The Morgan fingerprint density at radius 2 is 2.00 bits per heavy atom. The fourth-order valence-corrected chi connectivity index (χ4v) is 1.65. The SMILES string of the molecule is CCCNC(COC(C)C)c1cc(F)ccc1F. The fourth-order valence-electron chi connectivity index (χ4n) is 1.65. The monoisotopic (exact) mass is 257 g/mol. The molecular formula is C14H21F2NO. The number of hydrogen-bond donors (Lipinski definition) is 1. The van der Waals surface area contributed by atoms with Gasteiger partial charge in [0.2, 0.25) is 0 Å². The number of halogens is 2. The Kier molecular flexibility index (Phi) is 6.22. The third-order valence-electron chi connectivity index (χ3n) is 2.57. The zero-order valence-corrected chi connectivity index (χ0v) is 11.2. The van der Waals surface area contributed by atoms with Crippen LogP contribution in [-0.4, -0.2) is 19.3 Å². The van der Waals surface area contributed by atoms with Crippen molar-refractivity contribution >= 4 is 0 Å². The highest BCUT2D eigenvalue weighted by Crippen LogP contribution is 2.19. The maximum absolute atomic E-state index is 13.7. The first-order valence-corrected chi connectivity index (χ1v) is 6.34. The van der Waals surface area contributed by atoms with Crippen LogP contribution in [0.2, 0.25) is 0 Å².